The summed E-state index contributed by atoms with van der Waals surface area (Å²) < 4.78 is 25.5. The van der Waals surface area contributed by atoms with Gasteiger partial charge < -0.3 is 9.88 Å². The molecular weight excluding hydrogens is 432 g/mol. The first-order valence-electron chi connectivity index (χ1n) is 11.2. The predicted octanol–water partition coefficient (Wildman–Crippen LogP) is 3.52. The van der Waals surface area contributed by atoms with Gasteiger partial charge in [0.1, 0.15) is 0 Å². The zero-order valence-electron chi connectivity index (χ0n) is 18.4. The number of aromatic nitrogens is 2. The topological polar surface area (TPSA) is 107 Å². The number of nitrogens with one attached hydrogen (secondary N) is 1. The fourth-order valence-corrected chi connectivity index (χ4v) is 6.85. The summed E-state index contributed by atoms with van der Waals surface area (Å²) in [7, 11) is -3.79. The highest BCUT2D eigenvalue weighted by molar-refractivity contribution is 8.00. The summed E-state index contributed by atoms with van der Waals surface area (Å²) in [5.74, 6) is 2.25. The maximum absolute atomic E-state index is 12.9. The van der Waals surface area contributed by atoms with Crippen LogP contribution in [-0.4, -0.2) is 35.2 Å². The summed E-state index contributed by atoms with van der Waals surface area (Å²) in [5, 5.41) is 8.94. The summed E-state index contributed by atoms with van der Waals surface area (Å²) in [6, 6.07) is 4.94. The summed E-state index contributed by atoms with van der Waals surface area (Å²) in [5.41, 5.74) is 1.42. The largest absolute Gasteiger partial charge is 0.352 e. The summed E-state index contributed by atoms with van der Waals surface area (Å²) in [6.07, 6.45) is 6.14. The van der Waals surface area contributed by atoms with Crippen molar-refractivity contribution in [2.45, 2.75) is 80.8 Å². The van der Waals surface area contributed by atoms with Crippen molar-refractivity contribution >= 4 is 38.7 Å². The smallest absolute Gasteiger partial charge is 0.238 e. The second-order valence-corrected chi connectivity index (χ2v) is 12.0. The molecule has 2 bridgehead atoms. The molecule has 9 heteroatoms. The molecule has 0 aliphatic heterocycles. The second kappa shape index (κ2) is 8.75. The highest BCUT2D eigenvalue weighted by atomic mass is 32.2. The number of fused-ring (bicyclic) bond motifs is 3. The third-order valence-electron chi connectivity index (χ3n) is 6.92. The first-order chi connectivity index (χ1) is 14.7. The molecule has 2 aromatic rings. The minimum atomic E-state index is -3.79. The van der Waals surface area contributed by atoms with Crippen LogP contribution in [0.15, 0.2) is 28.3 Å². The van der Waals surface area contributed by atoms with Crippen molar-refractivity contribution in [2.24, 2.45) is 22.9 Å². The van der Waals surface area contributed by atoms with E-state index < -0.39 is 10.0 Å². The zero-order chi connectivity index (χ0) is 22.3. The van der Waals surface area contributed by atoms with Crippen LogP contribution in [0, 0.1) is 17.8 Å². The standard InChI is InChI=1S/C22H32N4O3S2/c1-4-9-26-20-8-7-17(31(23,28)29)12-19(20)25-22(26)30-14(3)21(27)24-13(2)18-11-15-5-6-16(18)10-15/h7-8,12-16,18H,4-6,9-11H2,1-3H3,(H,24,27)(H2,23,28,29). The SMILES string of the molecule is CCCn1c(SC(C)C(=O)NC(C)C2CC3CCC2C3)nc2cc(S(N)(=O)=O)ccc21. The number of amides is 1. The molecule has 5 unspecified atom stereocenters. The van der Waals surface area contributed by atoms with Crippen LogP contribution < -0.4 is 10.5 Å². The third-order valence-corrected chi connectivity index (χ3v) is 8.92. The minimum absolute atomic E-state index is 0.0283. The van der Waals surface area contributed by atoms with Gasteiger partial charge in [-0.2, -0.15) is 0 Å². The van der Waals surface area contributed by atoms with Crippen LogP contribution in [0.3, 0.4) is 0 Å². The van der Waals surface area contributed by atoms with Gasteiger partial charge in [0.15, 0.2) is 5.16 Å². The maximum Gasteiger partial charge on any atom is 0.238 e. The Balaban J connectivity index is 1.49. The molecule has 4 rings (SSSR count). The molecule has 1 amide bonds. The van der Waals surface area contributed by atoms with Crippen LogP contribution in [0.4, 0.5) is 0 Å². The number of rotatable bonds is 8. The van der Waals surface area contributed by atoms with Crippen LogP contribution in [0.5, 0.6) is 0 Å². The van der Waals surface area contributed by atoms with Gasteiger partial charge in [-0.1, -0.05) is 25.1 Å². The number of primary sulfonamides is 1. The van der Waals surface area contributed by atoms with Gasteiger partial charge in [-0.05, 0) is 75.5 Å². The van der Waals surface area contributed by atoms with E-state index in [2.05, 4.69) is 28.7 Å². The number of hydrogen-bond donors (Lipinski definition) is 2. The van der Waals surface area contributed by atoms with E-state index in [9.17, 15) is 13.2 Å². The second-order valence-electron chi connectivity index (χ2n) is 9.14. The molecule has 2 fully saturated rings. The number of nitrogens with two attached hydrogens (primary N) is 1. The number of sulfonamides is 1. The Morgan fingerprint density at radius 3 is 2.71 bits per heavy atom. The van der Waals surface area contributed by atoms with E-state index in [1.807, 2.05) is 6.92 Å². The molecular formula is C22H32N4O3S2. The van der Waals surface area contributed by atoms with E-state index in [4.69, 9.17) is 5.14 Å². The van der Waals surface area contributed by atoms with Crippen LogP contribution in [0.25, 0.3) is 11.0 Å². The van der Waals surface area contributed by atoms with E-state index in [1.54, 1.807) is 6.07 Å². The molecule has 0 spiro atoms. The first-order valence-corrected chi connectivity index (χ1v) is 13.6. The van der Waals surface area contributed by atoms with Crippen molar-refractivity contribution in [3.8, 4) is 0 Å². The van der Waals surface area contributed by atoms with Crippen LogP contribution in [0.1, 0.15) is 52.9 Å². The lowest BCUT2D eigenvalue weighted by molar-refractivity contribution is -0.121. The molecule has 0 saturated heterocycles. The normalized spacial score (nSPS) is 25.1. The highest BCUT2D eigenvalue weighted by Crippen LogP contribution is 2.49. The molecule has 5 atom stereocenters. The van der Waals surface area contributed by atoms with E-state index in [0.29, 0.717) is 11.4 Å². The Labute approximate surface area is 188 Å². The van der Waals surface area contributed by atoms with E-state index >= 15 is 0 Å². The minimum Gasteiger partial charge on any atom is -0.352 e. The average molecular weight is 465 g/mol. The van der Waals surface area contributed by atoms with E-state index in [1.165, 1.54) is 49.6 Å². The monoisotopic (exact) mass is 464 g/mol. The Hall–Kier alpha value is -1.58. The molecule has 170 valence electrons. The number of imidazole rings is 1. The van der Waals surface area contributed by atoms with Crippen molar-refractivity contribution in [2.75, 3.05) is 0 Å². The number of aryl methyl sites for hydroxylation is 1. The fraction of sp³-hybridized carbons (Fsp3) is 0.636. The van der Waals surface area contributed by atoms with E-state index in [-0.39, 0.29) is 22.1 Å². The predicted molar refractivity (Wildman–Crippen MR) is 123 cm³/mol. The number of carbonyl (C=O) groups excluding carboxylic acids is 1. The molecule has 3 N–H and O–H groups in total. The lowest BCUT2D eigenvalue weighted by Gasteiger charge is -2.29. The Bertz CT molecular complexity index is 1080. The molecule has 0 radical (unpaired) electrons. The third kappa shape index (κ3) is 4.64. The molecule has 2 aliphatic rings. The fourth-order valence-electron chi connectivity index (χ4n) is 5.36. The number of thioether (sulfide) groups is 1. The zero-order valence-corrected chi connectivity index (χ0v) is 20.0. The van der Waals surface area contributed by atoms with Crippen LogP contribution in [0.2, 0.25) is 0 Å². The Morgan fingerprint density at radius 1 is 1.32 bits per heavy atom. The molecule has 7 nitrogen and oxygen atoms in total. The number of hydrogen-bond acceptors (Lipinski definition) is 5. The number of benzene rings is 1. The number of carbonyl (C=O) groups is 1. The van der Waals surface area contributed by atoms with Gasteiger partial charge in [0.25, 0.3) is 0 Å². The van der Waals surface area contributed by atoms with Gasteiger partial charge >= 0.3 is 0 Å². The van der Waals surface area contributed by atoms with Crippen molar-refractivity contribution in [3.05, 3.63) is 18.2 Å². The molecule has 2 saturated carbocycles. The van der Waals surface area contributed by atoms with Crippen LogP contribution >= 0.6 is 11.8 Å². The molecule has 31 heavy (non-hydrogen) atoms. The molecule has 1 heterocycles. The first kappa shape index (κ1) is 22.6. The lowest BCUT2D eigenvalue weighted by Crippen LogP contribution is -2.43. The Morgan fingerprint density at radius 2 is 2.10 bits per heavy atom. The van der Waals surface area contributed by atoms with Crippen molar-refractivity contribution in [1.82, 2.24) is 14.9 Å². The lowest BCUT2D eigenvalue weighted by atomic mass is 9.84. The highest BCUT2D eigenvalue weighted by Gasteiger charge is 2.42. The quantitative estimate of drug-likeness (QED) is 0.581. The van der Waals surface area contributed by atoms with Crippen molar-refractivity contribution in [3.63, 3.8) is 0 Å². The maximum atomic E-state index is 12.9. The summed E-state index contributed by atoms with van der Waals surface area (Å²) in [4.78, 5) is 17.6. The van der Waals surface area contributed by atoms with Crippen LogP contribution in [-0.2, 0) is 21.4 Å². The van der Waals surface area contributed by atoms with Gasteiger partial charge in [0.2, 0.25) is 15.9 Å². The summed E-state index contributed by atoms with van der Waals surface area (Å²) >= 11 is 1.42. The van der Waals surface area contributed by atoms with Crippen molar-refractivity contribution in [1.29, 1.82) is 0 Å². The van der Waals surface area contributed by atoms with Gasteiger partial charge in [-0.3, -0.25) is 4.79 Å². The summed E-state index contributed by atoms with van der Waals surface area (Å²) in [6.45, 7) is 6.86. The Kier molecular flexibility index (Phi) is 6.38. The number of nitrogens with zero attached hydrogens (tertiary/aromatic N) is 2. The molecule has 2 aliphatic carbocycles. The van der Waals surface area contributed by atoms with Crippen molar-refractivity contribution < 1.29 is 13.2 Å². The van der Waals surface area contributed by atoms with Gasteiger partial charge in [0.05, 0.1) is 21.2 Å². The van der Waals surface area contributed by atoms with Gasteiger partial charge in [0, 0.05) is 12.6 Å². The molecule has 1 aromatic heterocycles. The van der Waals surface area contributed by atoms with E-state index in [0.717, 1.165) is 35.5 Å². The van der Waals surface area contributed by atoms with Gasteiger partial charge in [-0.15, -0.1) is 0 Å². The van der Waals surface area contributed by atoms with Gasteiger partial charge in [-0.25, -0.2) is 18.5 Å². The molecule has 1 aromatic carbocycles. The average Bonchev–Trinajstić information content (AvgIpc) is 3.42.